The molecule has 1 aromatic carbocycles. The molecule has 1 saturated heterocycles. The first kappa shape index (κ1) is 14.4. The Morgan fingerprint density at radius 2 is 1.95 bits per heavy atom. The summed E-state index contributed by atoms with van der Waals surface area (Å²) in [5, 5.41) is 2.42. The van der Waals surface area contributed by atoms with E-state index in [1.165, 1.54) is 4.90 Å². The number of rotatable bonds is 2. The number of benzene rings is 1. The summed E-state index contributed by atoms with van der Waals surface area (Å²) in [4.78, 5) is 24.5. The predicted octanol–water partition coefficient (Wildman–Crippen LogP) is 1.45. The molecule has 1 atom stereocenters. The van der Waals surface area contributed by atoms with Crippen molar-refractivity contribution in [1.29, 1.82) is 0 Å². The number of nitrogens with zero attached hydrogens (tertiary/aromatic N) is 1. The summed E-state index contributed by atoms with van der Waals surface area (Å²) in [6, 6.07) is 0.908. The first-order chi connectivity index (χ1) is 9.40. The Morgan fingerprint density at radius 1 is 1.30 bits per heavy atom. The van der Waals surface area contributed by atoms with Gasteiger partial charge in [-0.15, -0.1) is 0 Å². The van der Waals surface area contributed by atoms with Gasteiger partial charge < -0.3 is 10.2 Å². The van der Waals surface area contributed by atoms with E-state index in [2.05, 4.69) is 5.32 Å². The molecule has 1 N–H and O–H groups in total. The Morgan fingerprint density at radius 3 is 2.60 bits per heavy atom. The topological polar surface area (TPSA) is 49.4 Å². The zero-order valence-electron chi connectivity index (χ0n) is 10.8. The Labute approximate surface area is 113 Å². The maximum atomic E-state index is 13.5. The molecule has 2 rings (SSSR count). The monoisotopic (exact) mass is 286 g/mol. The van der Waals surface area contributed by atoms with E-state index in [-0.39, 0.29) is 18.9 Å². The van der Waals surface area contributed by atoms with Crippen LogP contribution in [-0.2, 0) is 4.79 Å². The molecule has 7 heteroatoms. The van der Waals surface area contributed by atoms with E-state index in [0.29, 0.717) is 18.6 Å². The van der Waals surface area contributed by atoms with Crippen molar-refractivity contribution in [2.45, 2.75) is 18.9 Å². The summed E-state index contributed by atoms with van der Waals surface area (Å²) >= 11 is 0. The Balaban J connectivity index is 2.13. The van der Waals surface area contributed by atoms with E-state index in [9.17, 15) is 22.8 Å². The van der Waals surface area contributed by atoms with Gasteiger partial charge in [0.25, 0.3) is 5.91 Å². The number of halogens is 3. The fourth-order valence-electron chi connectivity index (χ4n) is 2.12. The molecule has 1 aliphatic heterocycles. The molecule has 4 nitrogen and oxygen atoms in total. The van der Waals surface area contributed by atoms with Crippen molar-refractivity contribution in [1.82, 2.24) is 10.2 Å². The minimum absolute atomic E-state index is 0.0568. The van der Waals surface area contributed by atoms with Gasteiger partial charge in [0, 0.05) is 26.1 Å². The third-order valence-corrected chi connectivity index (χ3v) is 3.23. The third kappa shape index (κ3) is 2.76. The molecule has 108 valence electrons. The maximum absolute atomic E-state index is 13.5. The van der Waals surface area contributed by atoms with E-state index in [4.69, 9.17) is 0 Å². The van der Waals surface area contributed by atoms with E-state index in [1.807, 2.05) is 0 Å². The van der Waals surface area contributed by atoms with Gasteiger partial charge in [-0.25, -0.2) is 13.2 Å². The van der Waals surface area contributed by atoms with Crippen LogP contribution in [0.3, 0.4) is 0 Å². The molecule has 0 aromatic heterocycles. The molecule has 0 radical (unpaired) electrons. The predicted molar refractivity (Wildman–Crippen MR) is 64.4 cm³/mol. The number of hydrogen-bond donors (Lipinski definition) is 1. The lowest BCUT2D eigenvalue weighted by Gasteiger charge is -2.30. The van der Waals surface area contributed by atoms with Gasteiger partial charge in [-0.3, -0.25) is 9.59 Å². The van der Waals surface area contributed by atoms with Crippen LogP contribution in [0.1, 0.15) is 23.2 Å². The summed E-state index contributed by atoms with van der Waals surface area (Å²) in [7, 11) is 1.57. The fraction of sp³-hybridized carbons (Fsp3) is 0.385. The van der Waals surface area contributed by atoms with Crippen molar-refractivity contribution in [2.75, 3.05) is 13.6 Å². The van der Waals surface area contributed by atoms with Crippen LogP contribution in [0.15, 0.2) is 12.1 Å². The van der Waals surface area contributed by atoms with Crippen molar-refractivity contribution in [3.8, 4) is 0 Å². The standard InChI is InChI=1S/C13H13F3N2O2/c1-18-6-7(2-5-10(18)19)17-13(20)11-8(14)3-4-9(15)12(11)16/h3-4,7H,2,5-6H2,1H3,(H,17,20)/t7-/m1/s1. The number of piperidine rings is 1. The summed E-state index contributed by atoms with van der Waals surface area (Å²) < 4.78 is 39.9. The first-order valence-electron chi connectivity index (χ1n) is 6.08. The molecule has 1 fully saturated rings. The van der Waals surface area contributed by atoms with Crippen LogP contribution >= 0.6 is 0 Å². The van der Waals surface area contributed by atoms with Crippen molar-refractivity contribution >= 4 is 11.8 Å². The minimum Gasteiger partial charge on any atom is -0.347 e. The molecule has 1 aliphatic rings. The molecule has 0 spiro atoms. The molecule has 0 aliphatic carbocycles. The second-order valence-corrected chi connectivity index (χ2v) is 4.70. The van der Waals surface area contributed by atoms with Crippen molar-refractivity contribution in [2.24, 2.45) is 0 Å². The van der Waals surface area contributed by atoms with Crippen LogP contribution in [0.5, 0.6) is 0 Å². The summed E-state index contributed by atoms with van der Waals surface area (Å²) in [5.41, 5.74) is -0.940. The SMILES string of the molecule is CN1C[C@H](NC(=O)c2c(F)ccc(F)c2F)CCC1=O. The minimum atomic E-state index is -1.51. The average molecular weight is 286 g/mol. The lowest BCUT2D eigenvalue weighted by Crippen LogP contribution is -2.48. The van der Waals surface area contributed by atoms with Gasteiger partial charge in [-0.2, -0.15) is 0 Å². The Bertz CT molecular complexity index is 563. The Kier molecular flexibility index (Phi) is 3.96. The number of nitrogens with one attached hydrogen (secondary N) is 1. The number of carbonyl (C=O) groups excluding carboxylic acids is 2. The second-order valence-electron chi connectivity index (χ2n) is 4.70. The van der Waals surface area contributed by atoms with Crippen LogP contribution < -0.4 is 5.32 Å². The van der Waals surface area contributed by atoms with E-state index >= 15 is 0 Å². The number of hydrogen-bond acceptors (Lipinski definition) is 2. The molecule has 2 amide bonds. The van der Waals surface area contributed by atoms with Gasteiger partial charge in [0.1, 0.15) is 11.4 Å². The third-order valence-electron chi connectivity index (χ3n) is 3.23. The first-order valence-corrected chi connectivity index (χ1v) is 6.08. The summed E-state index contributed by atoms with van der Waals surface area (Å²) in [6.45, 7) is 0.253. The zero-order valence-corrected chi connectivity index (χ0v) is 10.8. The van der Waals surface area contributed by atoms with Crippen LogP contribution in [0.2, 0.25) is 0 Å². The number of likely N-dealkylation sites (tertiary alicyclic amines) is 1. The van der Waals surface area contributed by atoms with E-state index in [1.54, 1.807) is 7.05 Å². The molecule has 1 aromatic rings. The van der Waals surface area contributed by atoms with Crippen LogP contribution in [0.4, 0.5) is 13.2 Å². The summed E-state index contributed by atoms with van der Waals surface area (Å²) in [5.74, 6) is -5.00. The lowest BCUT2D eigenvalue weighted by atomic mass is 10.0. The maximum Gasteiger partial charge on any atom is 0.257 e. The van der Waals surface area contributed by atoms with E-state index < -0.39 is 35.0 Å². The van der Waals surface area contributed by atoms with Gasteiger partial charge in [-0.05, 0) is 18.6 Å². The largest absolute Gasteiger partial charge is 0.347 e. The molecule has 0 saturated carbocycles. The number of carbonyl (C=O) groups is 2. The van der Waals surface area contributed by atoms with Crippen LogP contribution in [0.25, 0.3) is 0 Å². The van der Waals surface area contributed by atoms with Crippen molar-refractivity contribution < 1.29 is 22.8 Å². The van der Waals surface area contributed by atoms with Gasteiger partial charge in [0.15, 0.2) is 11.6 Å². The summed E-state index contributed by atoms with van der Waals surface area (Å²) in [6.07, 6.45) is 0.628. The van der Waals surface area contributed by atoms with Gasteiger partial charge in [-0.1, -0.05) is 0 Å². The van der Waals surface area contributed by atoms with Crippen molar-refractivity contribution in [3.05, 3.63) is 35.1 Å². The molecule has 1 heterocycles. The quantitative estimate of drug-likeness (QED) is 0.837. The Hall–Kier alpha value is -2.05. The van der Waals surface area contributed by atoms with Crippen molar-refractivity contribution in [3.63, 3.8) is 0 Å². The van der Waals surface area contributed by atoms with Gasteiger partial charge in [0.05, 0.1) is 0 Å². The number of amides is 2. The molecular formula is C13H13F3N2O2. The second kappa shape index (κ2) is 5.52. The van der Waals surface area contributed by atoms with Gasteiger partial charge in [0.2, 0.25) is 5.91 Å². The normalized spacial score (nSPS) is 19.1. The highest BCUT2D eigenvalue weighted by atomic mass is 19.2. The highest BCUT2D eigenvalue weighted by molar-refractivity contribution is 5.95. The van der Waals surface area contributed by atoms with Gasteiger partial charge >= 0.3 is 0 Å². The molecular weight excluding hydrogens is 273 g/mol. The van der Waals surface area contributed by atoms with E-state index in [0.717, 1.165) is 0 Å². The number of likely N-dealkylation sites (N-methyl/N-ethyl adjacent to an activating group) is 1. The fourth-order valence-corrected chi connectivity index (χ4v) is 2.12. The smallest absolute Gasteiger partial charge is 0.257 e. The lowest BCUT2D eigenvalue weighted by molar-refractivity contribution is -0.132. The van der Waals surface area contributed by atoms with Crippen LogP contribution in [0, 0.1) is 17.5 Å². The zero-order chi connectivity index (χ0) is 14.9. The molecule has 0 bridgehead atoms. The molecule has 20 heavy (non-hydrogen) atoms. The average Bonchev–Trinajstić information content (AvgIpc) is 2.39. The van der Waals surface area contributed by atoms with Crippen LogP contribution in [-0.4, -0.2) is 36.3 Å². The highest BCUT2D eigenvalue weighted by Crippen LogP contribution is 2.17. The molecule has 0 unspecified atom stereocenters. The highest BCUT2D eigenvalue weighted by Gasteiger charge is 2.27.